The molecule has 1 saturated heterocycles. The Kier molecular flexibility index (Phi) is 10.4. The third-order valence-corrected chi connectivity index (χ3v) is 10.4. The highest BCUT2D eigenvalue weighted by molar-refractivity contribution is 6.35. The molecule has 2 aromatic heterocycles. The normalized spacial score (nSPS) is 17.2. The molecule has 0 bridgehead atoms. The van der Waals surface area contributed by atoms with Crippen molar-refractivity contribution in [2.75, 3.05) is 46.1 Å². The molecule has 1 unspecified atom stereocenters. The second kappa shape index (κ2) is 15.1. The van der Waals surface area contributed by atoms with Gasteiger partial charge in [0.1, 0.15) is 23.4 Å². The molecule has 264 valence electrons. The zero-order valence-corrected chi connectivity index (χ0v) is 29.5. The lowest BCUT2D eigenvalue weighted by Gasteiger charge is -2.28. The van der Waals surface area contributed by atoms with Gasteiger partial charge in [-0.2, -0.15) is 5.10 Å². The Balaban J connectivity index is 1.28. The van der Waals surface area contributed by atoms with Gasteiger partial charge in [-0.1, -0.05) is 36.7 Å². The van der Waals surface area contributed by atoms with Crippen LogP contribution < -0.4 is 4.74 Å². The monoisotopic (exact) mass is 702 g/mol. The van der Waals surface area contributed by atoms with Crippen LogP contribution in [0.25, 0.3) is 32.8 Å². The lowest BCUT2D eigenvalue weighted by atomic mass is 9.94. The van der Waals surface area contributed by atoms with Crippen molar-refractivity contribution in [1.29, 1.82) is 0 Å². The third-order valence-electron chi connectivity index (χ3n) is 10.1. The largest absolute Gasteiger partial charge is 0.493 e. The van der Waals surface area contributed by atoms with E-state index in [0.29, 0.717) is 43.4 Å². The van der Waals surface area contributed by atoms with Gasteiger partial charge in [0.25, 0.3) is 0 Å². The Morgan fingerprint density at radius 2 is 1.88 bits per heavy atom. The van der Waals surface area contributed by atoms with E-state index in [1.807, 2.05) is 46.6 Å². The Bertz CT molecular complexity index is 2020. The second-order valence-corrected chi connectivity index (χ2v) is 13.6. The predicted molar refractivity (Wildman–Crippen MR) is 193 cm³/mol. The fourth-order valence-corrected chi connectivity index (χ4v) is 7.99. The number of aromatic nitrogens is 3. The average molecular weight is 703 g/mol. The van der Waals surface area contributed by atoms with Crippen LogP contribution in [0.5, 0.6) is 5.75 Å². The van der Waals surface area contributed by atoms with Crippen molar-refractivity contribution in [1.82, 2.24) is 19.2 Å². The number of carboxylic acid groups (broad SMARTS) is 1. The van der Waals surface area contributed by atoms with Crippen LogP contribution >= 0.6 is 11.6 Å². The summed E-state index contributed by atoms with van der Waals surface area (Å²) in [5.41, 5.74) is 5.54. The molecule has 0 amide bonds. The summed E-state index contributed by atoms with van der Waals surface area (Å²) in [5, 5.41) is 18.9. The first-order chi connectivity index (χ1) is 24.4. The van der Waals surface area contributed by atoms with E-state index in [1.54, 1.807) is 6.07 Å². The van der Waals surface area contributed by atoms with E-state index < -0.39 is 5.97 Å². The molecular formula is C39H44ClFN4O5. The molecule has 50 heavy (non-hydrogen) atoms. The maximum Gasteiger partial charge on any atom is 0.352 e. The predicted octanol–water partition coefficient (Wildman–Crippen LogP) is 7.83. The van der Waals surface area contributed by atoms with Crippen molar-refractivity contribution in [3.05, 3.63) is 82.0 Å². The van der Waals surface area contributed by atoms with E-state index >= 15 is 0 Å². The van der Waals surface area contributed by atoms with E-state index in [9.17, 15) is 14.3 Å². The van der Waals surface area contributed by atoms with Crippen molar-refractivity contribution >= 4 is 39.2 Å². The van der Waals surface area contributed by atoms with E-state index in [2.05, 4.69) is 11.8 Å². The van der Waals surface area contributed by atoms with Gasteiger partial charge in [-0.05, 0) is 79.8 Å². The molecule has 11 heteroatoms. The van der Waals surface area contributed by atoms with Gasteiger partial charge in [-0.3, -0.25) is 9.58 Å². The van der Waals surface area contributed by atoms with Gasteiger partial charge < -0.3 is 23.9 Å². The number of benzene rings is 3. The van der Waals surface area contributed by atoms with Crippen LogP contribution in [0.1, 0.15) is 66.2 Å². The topological polar surface area (TPSA) is 91.0 Å². The first-order valence-corrected chi connectivity index (χ1v) is 18.1. The minimum atomic E-state index is -0.966. The first-order valence-electron chi connectivity index (χ1n) is 17.7. The Morgan fingerprint density at radius 3 is 2.68 bits per heavy atom. The van der Waals surface area contributed by atoms with Crippen LogP contribution in [0.3, 0.4) is 0 Å². The number of morpholine rings is 1. The number of rotatable bonds is 10. The minimum absolute atomic E-state index is 0.242. The van der Waals surface area contributed by atoms with Crippen LogP contribution in [0.2, 0.25) is 5.02 Å². The maximum atomic E-state index is 13.8. The van der Waals surface area contributed by atoms with Crippen LogP contribution in [-0.2, 0) is 35.9 Å². The van der Waals surface area contributed by atoms with E-state index in [-0.39, 0.29) is 17.6 Å². The van der Waals surface area contributed by atoms with E-state index in [4.69, 9.17) is 30.9 Å². The van der Waals surface area contributed by atoms with Gasteiger partial charge in [-0.15, -0.1) is 0 Å². The van der Waals surface area contributed by atoms with Gasteiger partial charge in [-0.25, -0.2) is 9.18 Å². The molecule has 0 spiro atoms. The van der Waals surface area contributed by atoms with Crippen molar-refractivity contribution in [2.24, 2.45) is 7.05 Å². The number of halogens is 2. The molecule has 9 nitrogen and oxygen atoms in total. The molecule has 1 fully saturated rings. The Hall–Kier alpha value is -3.96. The highest BCUT2D eigenvalue weighted by Gasteiger charge is 2.32. The summed E-state index contributed by atoms with van der Waals surface area (Å²) in [5.74, 6) is -0.585. The number of ether oxygens (including phenoxy) is 3. The summed E-state index contributed by atoms with van der Waals surface area (Å²) in [6, 6.07) is 14.1. The highest BCUT2D eigenvalue weighted by atomic mass is 35.5. The highest BCUT2D eigenvalue weighted by Crippen LogP contribution is 2.45. The molecule has 0 saturated carbocycles. The minimum Gasteiger partial charge on any atom is -0.493 e. The zero-order chi connectivity index (χ0) is 34.8. The van der Waals surface area contributed by atoms with Crippen LogP contribution in [0, 0.1) is 5.82 Å². The van der Waals surface area contributed by atoms with Crippen molar-refractivity contribution in [2.45, 2.75) is 58.1 Å². The summed E-state index contributed by atoms with van der Waals surface area (Å²) < 4.78 is 36.1. The number of carbonyl (C=O) groups is 1. The van der Waals surface area contributed by atoms with E-state index in [0.717, 1.165) is 108 Å². The number of nitrogens with zero attached hydrogens (tertiary/aromatic N) is 4. The molecule has 0 aliphatic carbocycles. The molecule has 0 radical (unpaired) electrons. The first kappa shape index (κ1) is 34.5. The number of aryl methyl sites for hydroxylation is 3. The van der Waals surface area contributed by atoms with Crippen molar-refractivity contribution in [3.63, 3.8) is 0 Å². The molecule has 2 aliphatic heterocycles. The lowest BCUT2D eigenvalue weighted by Crippen LogP contribution is -2.37. The fraction of sp³-hybridized carbons (Fsp3) is 0.436. The summed E-state index contributed by atoms with van der Waals surface area (Å²) in [7, 11) is 1.96. The Labute approximate surface area is 296 Å². The zero-order valence-electron chi connectivity index (χ0n) is 28.7. The molecule has 7 rings (SSSR count). The second-order valence-electron chi connectivity index (χ2n) is 13.2. The fourth-order valence-electron chi connectivity index (χ4n) is 7.74. The smallest absolute Gasteiger partial charge is 0.352 e. The van der Waals surface area contributed by atoms with Crippen molar-refractivity contribution in [3.8, 4) is 16.9 Å². The van der Waals surface area contributed by atoms with Crippen LogP contribution in [0.4, 0.5) is 4.39 Å². The molecule has 5 aromatic rings. The van der Waals surface area contributed by atoms with Gasteiger partial charge in [0.2, 0.25) is 0 Å². The summed E-state index contributed by atoms with van der Waals surface area (Å²) in [4.78, 5) is 15.5. The number of fused-ring (bicyclic) bond motifs is 3. The number of carboxylic acids is 1. The van der Waals surface area contributed by atoms with Crippen LogP contribution in [0.15, 0.2) is 48.5 Å². The van der Waals surface area contributed by atoms with Gasteiger partial charge in [0.05, 0.1) is 36.1 Å². The number of hydrogen-bond acceptors (Lipinski definition) is 6. The number of aromatic carboxylic acids is 1. The quantitative estimate of drug-likeness (QED) is 0.148. The van der Waals surface area contributed by atoms with Gasteiger partial charge in [0, 0.05) is 67.4 Å². The standard InChI is InChI=1S/C39H44ClFN4O5/c1-3-31-35-34-30(40)14-13-29-28(9-7-21-49-32-10-6-8-25-24-26(41)11-12-27(25)32)38(39(46)47)45(37(29)34)16-4-5-20-50-33(36(35)42-43(31)2)15-17-44-18-22-48-23-19-44/h6,8,10-14,24,33H,3-5,7,9,15-23H2,1-2H3,(H,46,47). The van der Waals surface area contributed by atoms with E-state index in [1.165, 1.54) is 12.1 Å². The Morgan fingerprint density at radius 1 is 1.06 bits per heavy atom. The summed E-state index contributed by atoms with van der Waals surface area (Å²) in [6.45, 7) is 7.69. The summed E-state index contributed by atoms with van der Waals surface area (Å²) >= 11 is 7.17. The van der Waals surface area contributed by atoms with Gasteiger partial charge in [0.15, 0.2) is 0 Å². The molecule has 1 N–H and O–H groups in total. The SMILES string of the molecule is CCc1c2c(nn1C)C(CCN1CCOCC1)OCCCCn1c(C(=O)O)c(CCCOc3cccc4cc(F)ccc34)c3ccc(Cl)c-2c31. The molecule has 3 aromatic carbocycles. The molecule has 4 heterocycles. The van der Waals surface area contributed by atoms with Crippen molar-refractivity contribution < 1.29 is 28.5 Å². The molecule has 1 atom stereocenters. The lowest BCUT2D eigenvalue weighted by molar-refractivity contribution is 0.00974. The van der Waals surface area contributed by atoms with Gasteiger partial charge >= 0.3 is 5.97 Å². The van der Waals surface area contributed by atoms with Crippen LogP contribution in [-0.4, -0.2) is 76.4 Å². The third kappa shape index (κ3) is 6.74. The molecular weight excluding hydrogens is 659 g/mol. The maximum absolute atomic E-state index is 13.8. The summed E-state index contributed by atoms with van der Waals surface area (Å²) in [6.07, 6.45) is 3.88. The number of hydrogen-bond donors (Lipinski definition) is 1. The average Bonchev–Trinajstić information content (AvgIpc) is 3.60. The molecule has 2 aliphatic rings.